The van der Waals surface area contributed by atoms with Crippen LogP contribution in [0.2, 0.25) is 0 Å². The van der Waals surface area contributed by atoms with E-state index < -0.39 is 29.7 Å². The zero-order valence-electron chi connectivity index (χ0n) is 7.40. The molecule has 1 rings (SSSR count). The third-order valence-corrected chi connectivity index (χ3v) is 1.82. The smallest absolute Gasteiger partial charge is 0.375 e. The molecule has 13 heavy (non-hydrogen) atoms. The number of ether oxygens (including phenoxy) is 2. The second kappa shape index (κ2) is 3.55. The van der Waals surface area contributed by atoms with Crippen molar-refractivity contribution in [1.82, 2.24) is 0 Å². The van der Waals surface area contributed by atoms with E-state index in [1.165, 1.54) is 6.92 Å². The molecule has 1 heterocycles. The molecular weight excluding hydrogens is 176 g/mol. The first-order valence-corrected chi connectivity index (χ1v) is 3.99. The SMILES string of the molecule is CCOC(=O)C1OC(=O)C(=O)C1C. The van der Waals surface area contributed by atoms with Gasteiger partial charge < -0.3 is 9.47 Å². The molecule has 5 nitrogen and oxygen atoms in total. The van der Waals surface area contributed by atoms with E-state index in [1.54, 1.807) is 6.92 Å². The van der Waals surface area contributed by atoms with Crippen molar-refractivity contribution in [2.75, 3.05) is 6.61 Å². The molecular formula is C8H10O5. The Morgan fingerprint density at radius 1 is 1.54 bits per heavy atom. The normalized spacial score (nSPS) is 27.2. The molecule has 2 atom stereocenters. The maximum Gasteiger partial charge on any atom is 0.375 e. The fourth-order valence-electron chi connectivity index (χ4n) is 1.08. The Hall–Kier alpha value is -1.39. The van der Waals surface area contributed by atoms with Crippen molar-refractivity contribution >= 4 is 17.7 Å². The molecule has 0 aromatic rings. The molecule has 0 amide bonds. The van der Waals surface area contributed by atoms with E-state index >= 15 is 0 Å². The first-order chi connectivity index (χ1) is 6.07. The van der Waals surface area contributed by atoms with E-state index in [9.17, 15) is 14.4 Å². The van der Waals surface area contributed by atoms with Crippen molar-refractivity contribution in [3.05, 3.63) is 0 Å². The summed E-state index contributed by atoms with van der Waals surface area (Å²) in [7, 11) is 0. The number of carbonyl (C=O) groups excluding carboxylic acids is 3. The summed E-state index contributed by atoms with van der Waals surface area (Å²) >= 11 is 0. The van der Waals surface area contributed by atoms with Crippen molar-refractivity contribution in [2.24, 2.45) is 5.92 Å². The number of rotatable bonds is 2. The second-order valence-electron chi connectivity index (χ2n) is 2.73. The van der Waals surface area contributed by atoms with Gasteiger partial charge >= 0.3 is 11.9 Å². The lowest BCUT2D eigenvalue weighted by atomic mass is 10.0. The molecule has 0 radical (unpaired) electrons. The van der Waals surface area contributed by atoms with Crippen molar-refractivity contribution in [3.8, 4) is 0 Å². The summed E-state index contributed by atoms with van der Waals surface area (Å²) in [5.74, 6) is -3.01. The highest BCUT2D eigenvalue weighted by Gasteiger charge is 2.45. The summed E-state index contributed by atoms with van der Waals surface area (Å²) in [6.45, 7) is 3.31. The third kappa shape index (κ3) is 1.68. The van der Waals surface area contributed by atoms with Gasteiger partial charge in [0, 0.05) is 0 Å². The lowest BCUT2D eigenvalue weighted by Crippen LogP contribution is -2.28. The minimum Gasteiger partial charge on any atom is -0.463 e. The van der Waals surface area contributed by atoms with Gasteiger partial charge in [0.25, 0.3) is 0 Å². The van der Waals surface area contributed by atoms with Crippen LogP contribution in [0.3, 0.4) is 0 Å². The molecule has 0 saturated carbocycles. The minimum absolute atomic E-state index is 0.202. The van der Waals surface area contributed by atoms with Gasteiger partial charge in [-0.15, -0.1) is 0 Å². The summed E-state index contributed by atoms with van der Waals surface area (Å²) in [6.07, 6.45) is -1.06. The molecule has 0 aliphatic carbocycles. The monoisotopic (exact) mass is 186 g/mol. The highest BCUT2D eigenvalue weighted by molar-refractivity contribution is 6.37. The average Bonchev–Trinajstić information content (AvgIpc) is 2.33. The Labute approximate surface area is 75.0 Å². The van der Waals surface area contributed by atoms with Crippen LogP contribution in [-0.2, 0) is 23.9 Å². The van der Waals surface area contributed by atoms with Crippen LogP contribution in [0.1, 0.15) is 13.8 Å². The van der Waals surface area contributed by atoms with Crippen LogP contribution in [0.5, 0.6) is 0 Å². The molecule has 0 bridgehead atoms. The number of ketones is 1. The molecule has 0 aromatic heterocycles. The van der Waals surface area contributed by atoms with Gasteiger partial charge in [0.15, 0.2) is 0 Å². The van der Waals surface area contributed by atoms with E-state index in [2.05, 4.69) is 9.47 Å². The van der Waals surface area contributed by atoms with E-state index in [4.69, 9.17) is 0 Å². The molecule has 2 unspecified atom stereocenters. The van der Waals surface area contributed by atoms with Crippen LogP contribution < -0.4 is 0 Å². The molecule has 5 heteroatoms. The van der Waals surface area contributed by atoms with Gasteiger partial charge in [-0.3, -0.25) is 4.79 Å². The second-order valence-corrected chi connectivity index (χ2v) is 2.73. The predicted molar refractivity (Wildman–Crippen MR) is 40.7 cm³/mol. The molecule has 1 fully saturated rings. The molecule has 1 aliphatic rings. The average molecular weight is 186 g/mol. The number of hydrogen-bond donors (Lipinski definition) is 0. The highest BCUT2D eigenvalue weighted by Crippen LogP contribution is 2.19. The molecule has 1 saturated heterocycles. The number of carbonyl (C=O) groups is 3. The van der Waals surface area contributed by atoms with Crippen LogP contribution in [0.25, 0.3) is 0 Å². The fourth-order valence-corrected chi connectivity index (χ4v) is 1.08. The summed E-state index contributed by atoms with van der Waals surface area (Å²) in [5, 5.41) is 0. The van der Waals surface area contributed by atoms with Gasteiger partial charge in [0.05, 0.1) is 12.5 Å². The Kier molecular flexibility index (Phi) is 2.65. The third-order valence-electron chi connectivity index (χ3n) is 1.82. The largest absolute Gasteiger partial charge is 0.463 e. The molecule has 0 spiro atoms. The molecule has 0 N–H and O–H groups in total. The van der Waals surface area contributed by atoms with Crippen molar-refractivity contribution in [3.63, 3.8) is 0 Å². The maximum atomic E-state index is 11.1. The number of Topliss-reactive ketones (excluding diaryl/α,β-unsaturated/α-hetero) is 1. The zero-order chi connectivity index (χ0) is 10.0. The quantitative estimate of drug-likeness (QED) is 0.436. The van der Waals surface area contributed by atoms with Gasteiger partial charge in [-0.1, -0.05) is 6.92 Å². The lowest BCUT2D eigenvalue weighted by Gasteiger charge is -2.10. The van der Waals surface area contributed by atoms with Crippen LogP contribution in [0, 0.1) is 5.92 Å². The lowest BCUT2D eigenvalue weighted by molar-refractivity contribution is -0.162. The highest BCUT2D eigenvalue weighted by atomic mass is 16.6. The van der Waals surface area contributed by atoms with E-state index in [1.807, 2.05) is 0 Å². The number of cyclic esters (lactones) is 1. The van der Waals surface area contributed by atoms with Gasteiger partial charge in [-0.25, -0.2) is 9.59 Å². The van der Waals surface area contributed by atoms with Crippen molar-refractivity contribution < 1.29 is 23.9 Å². The zero-order valence-corrected chi connectivity index (χ0v) is 7.40. The van der Waals surface area contributed by atoms with E-state index in [0.717, 1.165) is 0 Å². The fraction of sp³-hybridized carbons (Fsp3) is 0.625. The van der Waals surface area contributed by atoms with Gasteiger partial charge in [-0.2, -0.15) is 0 Å². The van der Waals surface area contributed by atoms with E-state index in [-0.39, 0.29) is 6.61 Å². The van der Waals surface area contributed by atoms with Crippen LogP contribution in [-0.4, -0.2) is 30.4 Å². The van der Waals surface area contributed by atoms with Crippen LogP contribution in [0.4, 0.5) is 0 Å². The summed E-state index contributed by atoms with van der Waals surface area (Å²) in [6, 6.07) is 0. The first kappa shape index (κ1) is 9.70. The molecule has 0 aromatic carbocycles. The summed E-state index contributed by atoms with van der Waals surface area (Å²) < 4.78 is 9.16. The standard InChI is InChI=1S/C8H10O5/c1-3-12-8(11)6-4(2)5(9)7(10)13-6/h4,6H,3H2,1-2H3. The summed E-state index contributed by atoms with van der Waals surface area (Å²) in [4.78, 5) is 32.8. The van der Waals surface area contributed by atoms with E-state index in [0.29, 0.717) is 0 Å². The molecule has 72 valence electrons. The predicted octanol–water partition coefficient (Wildman–Crippen LogP) is -0.320. The first-order valence-electron chi connectivity index (χ1n) is 3.99. The Balaban J connectivity index is 2.68. The summed E-state index contributed by atoms with van der Waals surface area (Å²) in [5.41, 5.74) is 0. The number of esters is 2. The maximum absolute atomic E-state index is 11.1. The number of hydrogen-bond acceptors (Lipinski definition) is 5. The Morgan fingerprint density at radius 3 is 2.54 bits per heavy atom. The van der Waals surface area contributed by atoms with Gasteiger partial charge in [0.1, 0.15) is 0 Å². The van der Waals surface area contributed by atoms with Gasteiger partial charge in [-0.05, 0) is 6.92 Å². The van der Waals surface area contributed by atoms with Crippen LogP contribution >= 0.6 is 0 Å². The molecule has 1 aliphatic heterocycles. The minimum atomic E-state index is -1.06. The van der Waals surface area contributed by atoms with Crippen molar-refractivity contribution in [1.29, 1.82) is 0 Å². The Morgan fingerprint density at radius 2 is 2.15 bits per heavy atom. The Bertz CT molecular complexity index is 257. The van der Waals surface area contributed by atoms with Crippen molar-refractivity contribution in [2.45, 2.75) is 20.0 Å². The topological polar surface area (TPSA) is 69.7 Å². The van der Waals surface area contributed by atoms with Gasteiger partial charge in [0.2, 0.25) is 11.9 Å². The van der Waals surface area contributed by atoms with Crippen LogP contribution in [0.15, 0.2) is 0 Å².